The summed E-state index contributed by atoms with van der Waals surface area (Å²) in [4.78, 5) is 16.7. The van der Waals surface area contributed by atoms with Crippen LogP contribution in [-0.2, 0) is 22.1 Å². The summed E-state index contributed by atoms with van der Waals surface area (Å²) in [5.74, 6) is 0.294. The third kappa shape index (κ3) is 6.08. The molecule has 2 fully saturated rings. The van der Waals surface area contributed by atoms with Crippen LogP contribution in [0.25, 0.3) is 0 Å². The molecule has 33 heavy (non-hydrogen) atoms. The number of nitrogens with zero attached hydrogens (tertiary/aromatic N) is 2. The van der Waals surface area contributed by atoms with Crippen LogP contribution in [0.5, 0.6) is 0 Å². The maximum Gasteiger partial charge on any atom is 0.416 e. The summed E-state index contributed by atoms with van der Waals surface area (Å²) >= 11 is 0. The molecular weight excluding hydrogens is 429 g/mol. The van der Waals surface area contributed by atoms with Gasteiger partial charge in [-0.15, -0.1) is 0 Å². The van der Waals surface area contributed by atoms with Crippen molar-refractivity contribution in [1.29, 1.82) is 0 Å². The molecule has 1 aliphatic carbocycles. The lowest BCUT2D eigenvalue weighted by molar-refractivity contribution is -0.139. The monoisotopic (exact) mass is 460 g/mol. The van der Waals surface area contributed by atoms with Gasteiger partial charge < -0.3 is 14.5 Å². The molecule has 2 aliphatic rings. The molecule has 2 atom stereocenters. The van der Waals surface area contributed by atoms with E-state index in [1.54, 1.807) is 12.1 Å². The first-order valence-corrected chi connectivity index (χ1v) is 11.7. The lowest BCUT2D eigenvalue weighted by Gasteiger charge is -2.36. The maximum atomic E-state index is 13.2. The summed E-state index contributed by atoms with van der Waals surface area (Å²) in [6, 6.07) is 14.8. The van der Waals surface area contributed by atoms with Crippen LogP contribution in [0.3, 0.4) is 0 Å². The summed E-state index contributed by atoms with van der Waals surface area (Å²) in [5.41, 5.74) is 1.59. The summed E-state index contributed by atoms with van der Waals surface area (Å²) < 4.78 is 45.5. The Hall–Kier alpha value is -2.54. The Kier molecular flexibility index (Phi) is 7.27. The third-order valence-electron chi connectivity index (χ3n) is 6.82. The van der Waals surface area contributed by atoms with Gasteiger partial charge in [-0.3, -0.25) is 4.79 Å². The Labute approximate surface area is 193 Å². The number of alkyl halides is 3. The molecule has 1 amide bonds. The molecule has 0 spiro atoms. The second-order valence-electron chi connectivity index (χ2n) is 9.17. The molecule has 0 aromatic heterocycles. The Morgan fingerprint density at radius 2 is 1.76 bits per heavy atom. The number of ether oxygens (including phenoxy) is 1. The van der Waals surface area contributed by atoms with E-state index in [2.05, 4.69) is 17.0 Å². The third-order valence-corrected chi connectivity index (χ3v) is 6.82. The molecule has 1 unspecified atom stereocenters. The van der Waals surface area contributed by atoms with Crippen molar-refractivity contribution in [2.45, 2.75) is 44.9 Å². The zero-order valence-electron chi connectivity index (χ0n) is 19.0. The number of amides is 1. The second kappa shape index (κ2) is 10.2. The van der Waals surface area contributed by atoms with E-state index in [1.807, 2.05) is 23.1 Å². The molecule has 2 aromatic rings. The Morgan fingerprint density at radius 1 is 1.03 bits per heavy atom. The fraction of sp³-hybridized carbons (Fsp3) is 0.500. The number of rotatable bonds is 6. The van der Waals surface area contributed by atoms with Gasteiger partial charge in [-0.2, -0.15) is 13.2 Å². The van der Waals surface area contributed by atoms with E-state index in [0.717, 1.165) is 32.4 Å². The first-order valence-electron chi connectivity index (χ1n) is 11.7. The van der Waals surface area contributed by atoms with Crippen molar-refractivity contribution in [3.05, 3.63) is 65.2 Å². The standard InChI is InChI=1S/C26H31F3N2O2/c1-19-7-8-21(17-24(19)26(27,28)29)15-20-9-10-23(16-20)33-18-25(32)31-13-11-30(12-14-31)22-5-3-2-4-6-22/h2-8,17,20,23H,9-16,18H2,1H3/t20-,23?/m0/s1. The molecule has 2 aromatic carbocycles. The topological polar surface area (TPSA) is 32.8 Å². The van der Waals surface area contributed by atoms with Gasteiger partial charge in [0.25, 0.3) is 0 Å². The van der Waals surface area contributed by atoms with E-state index in [9.17, 15) is 18.0 Å². The minimum absolute atomic E-state index is 0.00269. The van der Waals surface area contributed by atoms with Gasteiger partial charge in [-0.05, 0) is 67.9 Å². The van der Waals surface area contributed by atoms with Crippen molar-refractivity contribution >= 4 is 11.6 Å². The fourth-order valence-electron chi connectivity index (χ4n) is 4.93. The first-order chi connectivity index (χ1) is 15.8. The number of aryl methyl sites for hydroxylation is 1. The van der Waals surface area contributed by atoms with E-state index in [4.69, 9.17) is 4.74 Å². The molecule has 1 saturated carbocycles. The molecule has 0 bridgehead atoms. The van der Waals surface area contributed by atoms with Gasteiger partial charge in [-0.25, -0.2) is 0 Å². The van der Waals surface area contributed by atoms with Crippen LogP contribution in [0.2, 0.25) is 0 Å². The van der Waals surface area contributed by atoms with Crippen molar-refractivity contribution in [2.24, 2.45) is 5.92 Å². The maximum absolute atomic E-state index is 13.2. The minimum atomic E-state index is -4.33. The van der Waals surface area contributed by atoms with E-state index >= 15 is 0 Å². The van der Waals surface area contributed by atoms with E-state index in [-0.39, 0.29) is 30.1 Å². The number of hydrogen-bond acceptors (Lipinski definition) is 3. The number of halogens is 3. The summed E-state index contributed by atoms with van der Waals surface area (Å²) in [6.45, 7) is 4.53. The van der Waals surface area contributed by atoms with Crippen LogP contribution >= 0.6 is 0 Å². The van der Waals surface area contributed by atoms with Crippen molar-refractivity contribution in [1.82, 2.24) is 4.90 Å². The number of hydrogen-bond donors (Lipinski definition) is 0. The lowest BCUT2D eigenvalue weighted by atomic mass is 9.95. The smallest absolute Gasteiger partial charge is 0.368 e. The summed E-state index contributed by atoms with van der Waals surface area (Å²) in [6.07, 6.45) is -1.18. The number of carbonyl (C=O) groups excluding carboxylic acids is 1. The molecule has 1 aliphatic heterocycles. The van der Waals surface area contributed by atoms with Gasteiger partial charge in [0, 0.05) is 31.9 Å². The Balaban J connectivity index is 1.21. The highest BCUT2D eigenvalue weighted by Crippen LogP contribution is 2.35. The molecular formula is C26H31F3N2O2. The van der Waals surface area contributed by atoms with E-state index in [1.165, 1.54) is 18.7 Å². The molecule has 1 heterocycles. The van der Waals surface area contributed by atoms with Crippen molar-refractivity contribution < 1.29 is 22.7 Å². The van der Waals surface area contributed by atoms with Crippen LogP contribution in [0.4, 0.5) is 18.9 Å². The van der Waals surface area contributed by atoms with Crippen molar-refractivity contribution in [2.75, 3.05) is 37.7 Å². The number of para-hydroxylation sites is 1. The first kappa shape index (κ1) is 23.6. The van der Waals surface area contributed by atoms with Crippen LogP contribution in [0.1, 0.15) is 36.0 Å². The largest absolute Gasteiger partial charge is 0.416 e. The number of benzene rings is 2. The van der Waals surface area contributed by atoms with Gasteiger partial charge in [0.15, 0.2) is 0 Å². The highest BCUT2D eigenvalue weighted by Gasteiger charge is 2.33. The Bertz CT molecular complexity index is 940. The fourth-order valence-corrected chi connectivity index (χ4v) is 4.93. The minimum Gasteiger partial charge on any atom is -0.368 e. The number of carbonyl (C=O) groups is 1. The van der Waals surface area contributed by atoms with Gasteiger partial charge >= 0.3 is 6.18 Å². The normalized spacial score (nSPS) is 21.5. The molecule has 4 nitrogen and oxygen atoms in total. The zero-order valence-corrected chi connectivity index (χ0v) is 19.0. The molecule has 0 N–H and O–H groups in total. The predicted molar refractivity (Wildman–Crippen MR) is 122 cm³/mol. The highest BCUT2D eigenvalue weighted by molar-refractivity contribution is 5.77. The van der Waals surface area contributed by atoms with Crippen molar-refractivity contribution in [3.63, 3.8) is 0 Å². The molecule has 4 rings (SSSR count). The SMILES string of the molecule is Cc1ccc(C[C@@H]2CCC(OCC(=O)N3CCN(c4ccccc4)CC3)C2)cc1C(F)(F)F. The molecule has 1 saturated heterocycles. The number of anilines is 1. The molecule has 7 heteroatoms. The van der Waals surface area contributed by atoms with Crippen LogP contribution in [-0.4, -0.2) is 49.7 Å². The zero-order chi connectivity index (χ0) is 23.4. The average Bonchev–Trinajstić information content (AvgIpc) is 3.26. The van der Waals surface area contributed by atoms with Gasteiger partial charge in [0.2, 0.25) is 5.91 Å². The van der Waals surface area contributed by atoms with Crippen LogP contribution in [0, 0.1) is 12.8 Å². The summed E-state index contributed by atoms with van der Waals surface area (Å²) in [5, 5.41) is 0. The molecule has 0 radical (unpaired) electrons. The Morgan fingerprint density at radius 3 is 2.45 bits per heavy atom. The average molecular weight is 461 g/mol. The predicted octanol–water partition coefficient (Wildman–Crippen LogP) is 5.09. The van der Waals surface area contributed by atoms with Gasteiger partial charge in [0.05, 0.1) is 11.7 Å². The van der Waals surface area contributed by atoms with Crippen molar-refractivity contribution in [3.8, 4) is 0 Å². The highest BCUT2D eigenvalue weighted by atomic mass is 19.4. The van der Waals surface area contributed by atoms with Crippen LogP contribution < -0.4 is 4.90 Å². The molecule has 178 valence electrons. The number of piperazine rings is 1. The lowest BCUT2D eigenvalue weighted by Crippen LogP contribution is -2.50. The van der Waals surface area contributed by atoms with E-state index < -0.39 is 11.7 Å². The quantitative estimate of drug-likeness (QED) is 0.602. The van der Waals surface area contributed by atoms with Gasteiger partial charge in [0.1, 0.15) is 6.61 Å². The van der Waals surface area contributed by atoms with Gasteiger partial charge in [-0.1, -0.05) is 30.3 Å². The van der Waals surface area contributed by atoms with E-state index in [0.29, 0.717) is 25.1 Å². The van der Waals surface area contributed by atoms with Crippen LogP contribution in [0.15, 0.2) is 48.5 Å². The summed E-state index contributed by atoms with van der Waals surface area (Å²) in [7, 11) is 0. The second-order valence-corrected chi connectivity index (χ2v) is 9.17.